The highest BCUT2D eigenvalue weighted by Gasteiger charge is 2.21. The van der Waals surface area contributed by atoms with E-state index >= 15 is 0 Å². The fourth-order valence-electron chi connectivity index (χ4n) is 5.31. The summed E-state index contributed by atoms with van der Waals surface area (Å²) in [7, 11) is 1.52. The van der Waals surface area contributed by atoms with Crippen LogP contribution in [0.1, 0.15) is 39.7 Å². The lowest BCUT2D eigenvalue weighted by Gasteiger charge is -2.24. The molecule has 0 atom stereocenters. The number of aromatic hydroxyl groups is 1. The minimum atomic E-state index is -0.536. The third kappa shape index (κ3) is 5.02. The zero-order valence-corrected chi connectivity index (χ0v) is 23.4. The van der Waals surface area contributed by atoms with E-state index in [2.05, 4.69) is 27.8 Å². The summed E-state index contributed by atoms with van der Waals surface area (Å²) in [5.74, 6) is -0.177. The maximum atomic E-state index is 13.9. The maximum absolute atomic E-state index is 13.9. The minimum absolute atomic E-state index is 0.0500. The Labute approximate surface area is 231 Å². The summed E-state index contributed by atoms with van der Waals surface area (Å²) < 4.78 is 10.2. The third-order valence-electron chi connectivity index (χ3n) is 7.07. The molecule has 1 aliphatic heterocycles. The highest BCUT2D eigenvalue weighted by molar-refractivity contribution is 5.94. The van der Waals surface area contributed by atoms with Crippen molar-refractivity contribution in [2.45, 2.75) is 47.2 Å². The van der Waals surface area contributed by atoms with Gasteiger partial charge in [-0.1, -0.05) is 28.0 Å². The normalized spacial score (nSPS) is 12.7. The van der Waals surface area contributed by atoms with Gasteiger partial charge in [-0.05, 0) is 69.0 Å². The maximum Gasteiger partial charge on any atom is 0.330 e. The average Bonchev–Trinajstić information content (AvgIpc) is 3.25. The van der Waals surface area contributed by atoms with Gasteiger partial charge in [-0.25, -0.2) is 14.5 Å². The highest BCUT2D eigenvalue weighted by atomic mass is 16.5. The first kappa shape index (κ1) is 26.9. The van der Waals surface area contributed by atoms with Crippen LogP contribution in [0.4, 0.5) is 5.69 Å². The van der Waals surface area contributed by atoms with Crippen LogP contribution in [-0.2, 0) is 26.6 Å². The summed E-state index contributed by atoms with van der Waals surface area (Å²) in [5, 5.41) is 19.8. The Morgan fingerprint density at radius 2 is 1.90 bits per heavy atom. The van der Waals surface area contributed by atoms with Gasteiger partial charge in [0.2, 0.25) is 0 Å². The number of hydrogen-bond donors (Lipinski definition) is 2. The van der Waals surface area contributed by atoms with Crippen molar-refractivity contribution in [2.75, 3.05) is 13.2 Å². The van der Waals surface area contributed by atoms with Crippen LogP contribution in [0.2, 0.25) is 0 Å². The van der Waals surface area contributed by atoms with Gasteiger partial charge >= 0.3 is 5.69 Å². The van der Waals surface area contributed by atoms with Crippen molar-refractivity contribution < 1.29 is 14.6 Å². The van der Waals surface area contributed by atoms with Gasteiger partial charge < -0.3 is 15.2 Å². The van der Waals surface area contributed by atoms with Crippen LogP contribution in [0.15, 0.2) is 46.2 Å². The summed E-state index contributed by atoms with van der Waals surface area (Å²) in [6.07, 6.45) is 0.694. The zero-order chi connectivity index (χ0) is 28.6. The Morgan fingerprint density at radius 3 is 2.58 bits per heavy atom. The molecule has 0 aliphatic carbocycles. The second kappa shape index (κ2) is 10.8. The van der Waals surface area contributed by atoms with E-state index in [1.54, 1.807) is 9.13 Å². The molecule has 2 aromatic heterocycles. The highest BCUT2D eigenvalue weighted by Crippen LogP contribution is 2.31. The molecule has 0 saturated heterocycles. The number of carbonyl (C=O) groups excluding carboxylic acids is 1. The molecule has 11 heteroatoms. The molecule has 0 saturated carbocycles. The van der Waals surface area contributed by atoms with Crippen LogP contribution >= 0.6 is 0 Å². The standard InChI is InChI=1S/C29H33N7O4/c1-6-40-21-7-8-22-20(15-21)9-11-35-23(22)16-24(31-25-18(3)13-17(2)14-19(25)4)36(29(35)39)12-10-30-27(37)26-28(38)32-33-34(26)5/h7-8,13-16,38H,6,9-12H2,1-5H3,(H,30,37). The predicted octanol–water partition coefficient (Wildman–Crippen LogP) is 2.69. The topological polar surface area (TPSA) is 129 Å². The van der Waals surface area contributed by atoms with Crippen molar-refractivity contribution in [3.63, 3.8) is 0 Å². The van der Waals surface area contributed by atoms with Gasteiger partial charge in [0, 0.05) is 38.3 Å². The van der Waals surface area contributed by atoms with Crippen LogP contribution in [0, 0.1) is 20.8 Å². The van der Waals surface area contributed by atoms with Crippen LogP contribution in [0.5, 0.6) is 11.6 Å². The molecule has 0 bridgehead atoms. The smallest absolute Gasteiger partial charge is 0.330 e. The lowest BCUT2D eigenvalue weighted by Crippen LogP contribution is -2.44. The summed E-state index contributed by atoms with van der Waals surface area (Å²) in [5.41, 5.74) is 7.09. The van der Waals surface area contributed by atoms with Crippen molar-refractivity contribution >= 4 is 11.6 Å². The van der Waals surface area contributed by atoms with Gasteiger partial charge in [0.05, 0.1) is 18.0 Å². The molecule has 5 rings (SSSR count). The summed E-state index contributed by atoms with van der Waals surface area (Å²) in [6, 6.07) is 12.0. The number of carbonyl (C=O) groups is 1. The molecule has 40 heavy (non-hydrogen) atoms. The number of aryl methyl sites for hydroxylation is 5. The van der Waals surface area contributed by atoms with Gasteiger partial charge in [-0.2, -0.15) is 0 Å². The Kier molecular flexibility index (Phi) is 7.29. The van der Waals surface area contributed by atoms with E-state index in [0.29, 0.717) is 25.1 Å². The van der Waals surface area contributed by atoms with Crippen molar-refractivity contribution in [1.29, 1.82) is 0 Å². The molecule has 3 heterocycles. The molecule has 4 aromatic rings. The fraction of sp³-hybridized carbons (Fsp3) is 0.345. The molecule has 208 valence electrons. The molecular formula is C29H33N7O4. The van der Waals surface area contributed by atoms with Gasteiger partial charge in [0.1, 0.15) is 11.2 Å². The molecular weight excluding hydrogens is 510 g/mol. The Balaban J connectivity index is 1.59. The van der Waals surface area contributed by atoms with E-state index in [9.17, 15) is 14.7 Å². The van der Waals surface area contributed by atoms with Gasteiger partial charge in [0.15, 0.2) is 5.69 Å². The van der Waals surface area contributed by atoms with E-state index in [-0.39, 0.29) is 24.5 Å². The van der Waals surface area contributed by atoms with E-state index < -0.39 is 11.8 Å². The molecule has 2 N–H and O–H groups in total. The second-order valence-electron chi connectivity index (χ2n) is 9.98. The number of nitrogens with one attached hydrogen (secondary N) is 1. The first-order chi connectivity index (χ1) is 19.2. The van der Waals surface area contributed by atoms with Crippen LogP contribution in [0.25, 0.3) is 11.3 Å². The lowest BCUT2D eigenvalue weighted by atomic mass is 9.97. The van der Waals surface area contributed by atoms with Crippen LogP contribution in [-0.4, -0.2) is 48.3 Å². The Hall–Kier alpha value is -4.67. The zero-order valence-electron chi connectivity index (χ0n) is 23.4. The van der Waals surface area contributed by atoms with Gasteiger partial charge in [0.25, 0.3) is 11.8 Å². The SMILES string of the molecule is CCOc1ccc2c(c1)CCn1c-2cc(=Nc2c(C)cc(C)cc2C)n(CCNC(=O)c2c(O)nnn2C)c1=O. The monoisotopic (exact) mass is 543 g/mol. The van der Waals surface area contributed by atoms with E-state index in [4.69, 9.17) is 9.73 Å². The number of fused-ring (bicyclic) bond motifs is 3. The number of nitrogens with zero attached hydrogens (tertiary/aromatic N) is 6. The largest absolute Gasteiger partial charge is 0.494 e. The van der Waals surface area contributed by atoms with Crippen molar-refractivity contribution in [1.82, 2.24) is 29.4 Å². The molecule has 0 unspecified atom stereocenters. The minimum Gasteiger partial charge on any atom is -0.494 e. The predicted molar refractivity (Wildman–Crippen MR) is 150 cm³/mol. The Morgan fingerprint density at radius 1 is 1.15 bits per heavy atom. The van der Waals surface area contributed by atoms with Crippen LogP contribution in [0.3, 0.4) is 0 Å². The lowest BCUT2D eigenvalue weighted by molar-refractivity contribution is 0.0939. The van der Waals surface area contributed by atoms with Gasteiger partial charge in [-0.15, -0.1) is 0 Å². The molecule has 2 aromatic carbocycles. The summed E-state index contributed by atoms with van der Waals surface area (Å²) >= 11 is 0. The molecule has 0 radical (unpaired) electrons. The van der Waals surface area contributed by atoms with Crippen LogP contribution < -0.4 is 21.2 Å². The van der Waals surface area contributed by atoms with Crippen molar-refractivity contribution in [3.8, 4) is 22.9 Å². The number of benzene rings is 2. The summed E-state index contributed by atoms with van der Waals surface area (Å²) in [4.78, 5) is 31.6. The summed E-state index contributed by atoms with van der Waals surface area (Å²) in [6.45, 7) is 9.42. The molecule has 0 spiro atoms. The van der Waals surface area contributed by atoms with Gasteiger partial charge in [-0.3, -0.25) is 13.9 Å². The molecule has 1 amide bonds. The third-order valence-corrected chi connectivity index (χ3v) is 7.07. The molecule has 1 aliphatic rings. The fourth-order valence-corrected chi connectivity index (χ4v) is 5.31. The number of hydrogen-bond acceptors (Lipinski definition) is 7. The second-order valence-corrected chi connectivity index (χ2v) is 9.98. The molecule has 11 nitrogen and oxygen atoms in total. The number of aromatic nitrogens is 5. The van der Waals surface area contributed by atoms with E-state index in [1.165, 1.54) is 11.7 Å². The number of ether oxygens (including phenoxy) is 1. The number of rotatable bonds is 7. The average molecular weight is 544 g/mol. The van der Waals surface area contributed by atoms with E-state index in [0.717, 1.165) is 44.9 Å². The Bertz CT molecular complexity index is 1700. The quantitative estimate of drug-likeness (QED) is 0.369. The van der Waals surface area contributed by atoms with Crippen molar-refractivity contribution in [2.24, 2.45) is 12.0 Å². The first-order valence-corrected chi connectivity index (χ1v) is 13.3. The number of amides is 1. The molecule has 0 fully saturated rings. The van der Waals surface area contributed by atoms with E-state index in [1.807, 2.05) is 52.0 Å². The first-order valence-electron chi connectivity index (χ1n) is 13.3. The van der Waals surface area contributed by atoms with Crippen molar-refractivity contribution in [3.05, 3.63) is 80.3 Å².